The van der Waals surface area contributed by atoms with Gasteiger partial charge < -0.3 is 19.5 Å². The minimum absolute atomic E-state index is 0.0169. The third kappa shape index (κ3) is 3.88. The van der Waals surface area contributed by atoms with Crippen LogP contribution in [0.25, 0.3) is 5.82 Å². The first-order valence-corrected chi connectivity index (χ1v) is 8.75. The van der Waals surface area contributed by atoms with Crippen LogP contribution in [0.15, 0.2) is 55.0 Å². The number of hydrogen-bond acceptors (Lipinski definition) is 4. The van der Waals surface area contributed by atoms with Gasteiger partial charge in [0, 0.05) is 31.5 Å². The summed E-state index contributed by atoms with van der Waals surface area (Å²) < 4.78 is 9.06. The Kier molecular flexibility index (Phi) is 5.61. The molecule has 3 aromatic rings. The number of benzene rings is 1. The van der Waals surface area contributed by atoms with Crippen LogP contribution >= 0.6 is 0 Å². The largest absolute Gasteiger partial charge is 0.496 e. The second-order valence-electron chi connectivity index (χ2n) is 6.53. The Hall–Kier alpha value is -3.06. The van der Waals surface area contributed by atoms with Gasteiger partial charge in [0.05, 0.1) is 19.3 Å². The molecular formula is C20H25N5O2. The number of carbonyl (C=O) groups excluding carboxylic acids is 1. The number of likely N-dealkylation sites (N-methyl/N-ethyl adjacent to an activating group) is 1. The summed E-state index contributed by atoms with van der Waals surface area (Å²) in [5, 5.41) is 7.29. The molecule has 1 amide bonds. The topological polar surface area (TPSA) is 64.3 Å². The van der Waals surface area contributed by atoms with Crippen molar-refractivity contribution in [3.63, 3.8) is 0 Å². The van der Waals surface area contributed by atoms with Crippen molar-refractivity contribution in [2.75, 3.05) is 27.7 Å². The molecule has 0 spiro atoms. The number of nitrogens with one attached hydrogen (secondary N) is 1. The average molecular weight is 367 g/mol. The fourth-order valence-electron chi connectivity index (χ4n) is 3.17. The molecule has 2 aromatic heterocycles. The number of hydrogen-bond donors (Lipinski definition) is 1. The number of para-hydroxylation sites is 1. The molecule has 0 radical (unpaired) electrons. The van der Waals surface area contributed by atoms with Gasteiger partial charge in [-0.3, -0.25) is 9.48 Å². The maximum absolute atomic E-state index is 12.9. The molecule has 0 aliphatic rings. The maximum Gasteiger partial charge on any atom is 0.256 e. The molecule has 0 aliphatic carbocycles. The SMILES string of the molecule is COc1ccccc1[C@H](CNC(=O)c1cnn(C)c1-n1cccc1)N(C)C. The van der Waals surface area contributed by atoms with Crippen molar-refractivity contribution in [3.8, 4) is 11.6 Å². The van der Waals surface area contributed by atoms with Gasteiger partial charge in [-0.05, 0) is 32.3 Å². The van der Waals surface area contributed by atoms with Gasteiger partial charge in [0.15, 0.2) is 0 Å². The number of rotatable bonds is 7. The van der Waals surface area contributed by atoms with E-state index in [9.17, 15) is 4.79 Å². The summed E-state index contributed by atoms with van der Waals surface area (Å²) in [7, 11) is 7.45. The van der Waals surface area contributed by atoms with Crippen molar-refractivity contribution in [1.29, 1.82) is 0 Å². The van der Waals surface area contributed by atoms with Crippen molar-refractivity contribution in [3.05, 3.63) is 66.1 Å². The third-order valence-corrected chi connectivity index (χ3v) is 4.58. The molecule has 0 saturated carbocycles. The Bertz CT molecular complexity index is 899. The van der Waals surface area contributed by atoms with Crippen LogP contribution in [0.2, 0.25) is 0 Å². The molecule has 0 unspecified atom stereocenters. The minimum atomic E-state index is -0.159. The van der Waals surface area contributed by atoms with E-state index in [1.165, 1.54) is 0 Å². The van der Waals surface area contributed by atoms with Crippen molar-refractivity contribution < 1.29 is 9.53 Å². The van der Waals surface area contributed by atoms with Gasteiger partial charge in [-0.15, -0.1) is 0 Å². The smallest absolute Gasteiger partial charge is 0.256 e. The highest BCUT2D eigenvalue weighted by molar-refractivity contribution is 5.97. The maximum atomic E-state index is 12.9. The van der Waals surface area contributed by atoms with Crippen LogP contribution in [0.5, 0.6) is 5.75 Å². The van der Waals surface area contributed by atoms with E-state index in [0.717, 1.165) is 17.1 Å². The van der Waals surface area contributed by atoms with Gasteiger partial charge in [-0.1, -0.05) is 18.2 Å². The fourth-order valence-corrected chi connectivity index (χ4v) is 3.17. The lowest BCUT2D eigenvalue weighted by Crippen LogP contribution is -2.35. The summed E-state index contributed by atoms with van der Waals surface area (Å²) in [6, 6.07) is 11.7. The molecule has 0 saturated heterocycles. The normalized spacial score (nSPS) is 12.2. The first-order valence-electron chi connectivity index (χ1n) is 8.75. The molecule has 0 aliphatic heterocycles. The van der Waals surface area contributed by atoms with E-state index in [2.05, 4.69) is 15.3 Å². The highest BCUT2D eigenvalue weighted by atomic mass is 16.5. The van der Waals surface area contributed by atoms with Gasteiger partial charge in [-0.25, -0.2) is 0 Å². The van der Waals surface area contributed by atoms with E-state index in [1.807, 2.05) is 74.5 Å². The number of amides is 1. The number of methoxy groups -OCH3 is 1. The number of carbonyl (C=O) groups is 1. The molecule has 27 heavy (non-hydrogen) atoms. The number of aryl methyl sites for hydroxylation is 1. The Morgan fingerprint density at radius 2 is 1.93 bits per heavy atom. The van der Waals surface area contributed by atoms with Crippen LogP contribution < -0.4 is 10.1 Å². The van der Waals surface area contributed by atoms with Gasteiger partial charge in [0.1, 0.15) is 17.1 Å². The van der Waals surface area contributed by atoms with Gasteiger partial charge in [0.25, 0.3) is 5.91 Å². The van der Waals surface area contributed by atoms with E-state index in [4.69, 9.17) is 4.74 Å². The number of ether oxygens (including phenoxy) is 1. The zero-order valence-corrected chi connectivity index (χ0v) is 16.1. The summed E-state index contributed by atoms with van der Waals surface area (Å²) in [6.07, 6.45) is 5.38. The zero-order chi connectivity index (χ0) is 19.4. The van der Waals surface area contributed by atoms with Crippen molar-refractivity contribution in [2.24, 2.45) is 7.05 Å². The second-order valence-corrected chi connectivity index (χ2v) is 6.53. The Morgan fingerprint density at radius 1 is 1.22 bits per heavy atom. The van der Waals surface area contributed by atoms with E-state index in [-0.39, 0.29) is 11.9 Å². The van der Waals surface area contributed by atoms with Gasteiger partial charge >= 0.3 is 0 Å². The highest BCUT2D eigenvalue weighted by Crippen LogP contribution is 2.27. The van der Waals surface area contributed by atoms with E-state index in [1.54, 1.807) is 18.0 Å². The first-order chi connectivity index (χ1) is 13.0. The molecule has 0 fully saturated rings. The molecule has 1 atom stereocenters. The molecule has 2 heterocycles. The van der Waals surface area contributed by atoms with Crippen LogP contribution in [0, 0.1) is 0 Å². The lowest BCUT2D eigenvalue weighted by Gasteiger charge is -2.26. The third-order valence-electron chi connectivity index (χ3n) is 4.58. The van der Waals surface area contributed by atoms with Crippen LogP contribution in [-0.4, -0.2) is 52.9 Å². The standard InChI is InChI=1S/C20H25N5O2/c1-23(2)17(15-9-5-6-10-18(15)27-4)14-21-19(26)16-13-22-24(3)20(16)25-11-7-8-12-25/h5-13,17H,14H2,1-4H3,(H,21,26)/t17-/m0/s1. The van der Waals surface area contributed by atoms with Crippen molar-refractivity contribution >= 4 is 5.91 Å². The lowest BCUT2D eigenvalue weighted by atomic mass is 10.0. The molecule has 3 rings (SSSR count). The van der Waals surface area contributed by atoms with Crippen molar-refractivity contribution in [2.45, 2.75) is 6.04 Å². The van der Waals surface area contributed by atoms with Gasteiger partial charge in [-0.2, -0.15) is 5.10 Å². The van der Waals surface area contributed by atoms with E-state index in [0.29, 0.717) is 12.1 Å². The molecule has 0 bridgehead atoms. The molecule has 1 aromatic carbocycles. The number of aromatic nitrogens is 3. The van der Waals surface area contributed by atoms with Gasteiger partial charge in [0.2, 0.25) is 0 Å². The Labute approximate surface area is 159 Å². The zero-order valence-electron chi connectivity index (χ0n) is 16.1. The highest BCUT2D eigenvalue weighted by Gasteiger charge is 2.22. The van der Waals surface area contributed by atoms with Crippen LogP contribution in [0.3, 0.4) is 0 Å². The van der Waals surface area contributed by atoms with Crippen LogP contribution in [0.4, 0.5) is 0 Å². The van der Waals surface area contributed by atoms with Crippen molar-refractivity contribution in [1.82, 2.24) is 24.6 Å². The summed E-state index contributed by atoms with van der Waals surface area (Å²) in [5.74, 6) is 1.38. The molecule has 142 valence electrons. The molecule has 1 N–H and O–H groups in total. The number of nitrogens with zero attached hydrogens (tertiary/aromatic N) is 4. The predicted molar refractivity (Wildman–Crippen MR) is 104 cm³/mol. The molecule has 7 heteroatoms. The first kappa shape index (κ1) is 18.7. The second kappa shape index (κ2) is 8.09. The van der Waals surface area contributed by atoms with E-state index >= 15 is 0 Å². The monoisotopic (exact) mass is 367 g/mol. The Balaban J connectivity index is 1.80. The summed E-state index contributed by atoms with van der Waals surface area (Å²) in [4.78, 5) is 14.9. The molecular weight excluding hydrogens is 342 g/mol. The minimum Gasteiger partial charge on any atom is -0.496 e. The summed E-state index contributed by atoms with van der Waals surface area (Å²) in [6.45, 7) is 0.451. The van der Waals surface area contributed by atoms with Crippen LogP contribution in [0.1, 0.15) is 22.0 Å². The van der Waals surface area contributed by atoms with E-state index < -0.39 is 0 Å². The predicted octanol–water partition coefficient (Wildman–Crippen LogP) is 2.25. The Morgan fingerprint density at radius 3 is 2.59 bits per heavy atom. The van der Waals surface area contributed by atoms with Crippen LogP contribution in [-0.2, 0) is 7.05 Å². The quantitative estimate of drug-likeness (QED) is 0.696. The average Bonchev–Trinajstić information content (AvgIpc) is 3.31. The molecule has 7 nitrogen and oxygen atoms in total. The lowest BCUT2D eigenvalue weighted by molar-refractivity contribution is 0.0941. The fraction of sp³-hybridized carbons (Fsp3) is 0.300. The summed E-state index contributed by atoms with van der Waals surface area (Å²) in [5.41, 5.74) is 1.56. The summed E-state index contributed by atoms with van der Waals surface area (Å²) >= 11 is 0.